The molecule has 1 aromatic carbocycles. The van der Waals surface area contributed by atoms with Gasteiger partial charge in [-0.1, -0.05) is 56.0 Å². The number of rotatable bonds is 5. The van der Waals surface area contributed by atoms with Crippen molar-refractivity contribution >= 4 is 0 Å². The van der Waals surface area contributed by atoms with E-state index in [1.165, 1.54) is 25.7 Å². The average molecular weight is 262 g/mol. The van der Waals surface area contributed by atoms with Crippen LogP contribution in [0.15, 0.2) is 30.3 Å². The summed E-state index contributed by atoms with van der Waals surface area (Å²) in [6, 6.07) is 10.1. The highest BCUT2D eigenvalue weighted by Crippen LogP contribution is 2.33. The first-order valence-electron chi connectivity index (χ1n) is 7.67. The van der Waals surface area contributed by atoms with Crippen LogP contribution in [0.4, 0.5) is 0 Å². The van der Waals surface area contributed by atoms with Gasteiger partial charge in [-0.2, -0.15) is 0 Å². The van der Waals surface area contributed by atoms with Crippen LogP contribution in [0.1, 0.15) is 57.1 Å². The summed E-state index contributed by atoms with van der Waals surface area (Å²) in [5.41, 5.74) is 1.10. The summed E-state index contributed by atoms with van der Waals surface area (Å²) in [6.07, 6.45) is 6.84. The molecule has 2 unspecified atom stereocenters. The lowest BCUT2D eigenvalue weighted by atomic mass is 9.88. The number of benzene rings is 1. The number of hydrogen-bond acceptors (Lipinski definition) is 2. The summed E-state index contributed by atoms with van der Waals surface area (Å²) >= 11 is 0. The zero-order chi connectivity index (χ0) is 13.5. The maximum atomic E-state index is 10.7. The van der Waals surface area contributed by atoms with Gasteiger partial charge in [0.2, 0.25) is 0 Å². The minimum atomic E-state index is -0.375. The van der Waals surface area contributed by atoms with Crippen LogP contribution in [-0.2, 0) is 4.74 Å². The molecule has 1 saturated carbocycles. The SMILES string of the molecule is CCOC(c1ccccc1)C(O)C1CCCCCC1. The molecule has 0 radical (unpaired) electrons. The first-order valence-corrected chi connectivity index (χ1v) is 7.67. The van der Waals surface area contributed by atoms with E-state index in [0.717, 1.165) is 18.4 Å². The van der Waals surface area contributed by atoms with Gasteiger partial charge in [-0.3, -0.25) is 0 Å². The largest absolute Gasteiger partial charge is 0.390 e. The lowest BCUT2D eigenvalue weighted by Gasteiger charge is -2.29. The van der Waals surface area contributed by atoms with Crippen LogP contribution in [0.25, 0.3) is 0 Å². The molecule has 2 heteroatoms. The molecule has 1 aliphatic carbocycles. The van der Waals surface area contributed by atoms with E-state index in [1.54, 1.807) is 0 Å². The summed E-state index contributed by atoms with van der Waals surface area (Å²) in [5.74, 6) is 0.388. The lowest BCUT2D eigenvalue weighted by molar-refractivity contribution is -0.0634. The molecule has 2 atom stereocenters. The van der Waals surface area contributed by atoms with Gasteiger partial charge in [0.05, 0.1) is 6.10 Å². The topological polar surface area (TPSA) is 29.5 Å². The maximum Gasteiger partial charge on any atom is 0.109 e. The number of aliphatic hydroxyl groups excluding tert-OH is 1. The quantitative estimate of drug-likeness (QED) is 0.810. The van der Waals surface area contributed by atoms with Crippen molar-refractivity contribution in [2.45, 2.75) is 57.7 Å². The summed E-state index contributed by atoms with van der Waals surface area (Å²) < 4.78 is 5.83. The van der Waals surface area contributed by atoms with Crippen LogP contribution in [0.5, 0.6) is 0 Å². The van der Waals surface area contributed by atoms with Gasteiger partial charge in [0.1, 0.15) is 6.10 Å². The van der Waals surface area contributed by atoms with Gasteiger partial charge < -0.3 is 9.84 Å². The zero-order valence-electron chi connectivity index (χ0n) is 11.9. The predicted octanol–water partition coefficient (Wildman–Crippen LogP) is 4.10. The van der Waals surface area contributed by atoms with Crippen molar-refractivity contribution in [2.75, 3.05) is 6.61 Å². The van der Waals surface area contributed by atoms with Crippen molar-refractivity contribution in [2.24, 2.45) is 5.92 Å². The Bertz CT molecular complexity index is 342. The van der Waals surface area contributed by atoms with Crippen molar-refractivity contribution in [3.8, 4) is 0 Å². The molecule has 0 aromatic heterocycles. The Morgan fingerprint density at radius 3 is 2.32 bits per heavy atom. The van der Waals surface area contributed by atoms with Gasteiger partial charge in [0, 0.05) is 6.61 Å². The normalized spacial score (nSPS) is 20.7. The molecular weight excluding hydrogens is 236 g/mol. The molecule has 2 rings (SSSR count). The van der Waals surface area contributed by atoms with E-state index in [-0.39, 0.29) is 12.2 Å². The third-order valence-corrected chi connectivity index (χ3v) is 4.17. The highest BCUT2D eigenvalue weighted by atomic mass is 16.5. The van der Waals surface area contributed by atoms with E-state index in [4.69, 9.17) is 4.74 Å². The molecule has 0 bridgehead atoms. The van der Waals surface area contributed by atoms with E-state index in [0.29, 0.717) is 12.5 Å². The van der Waals surface area contributed by atoms with Gasteiger partial charge in [0.15, 0.2) is 0 Å². The van der Waals surface area contributed by atoms with Crippen LogP contribution in [0.3, 0.4) is 0 Å². The van der Waals surface area contributed by atoms with Crippen molar-refractivity contribution < 1.29 is 9.84 Å². The maximum absolute atomic E-state index is 10.7. The molecule has 1 aromatic rings. The first-order chi connectivity index (χ1) is 9.33. The van der Waals surface area contributed by atoms with E-state index < -0.39 is 0 Å². The van der Waals surface area contributed by atoms with Gasteiger partial charge in [-0.05, 0) is 31.2 Å². The molecule has 19 heavy (non-hydrogen) atoms. The summed E-state index contributed by atoms with van der Waals surface area (Å²) in [7, 11) is 0. The number of aliphatic hydroxyl groups is 1. The third kappa shape index (κ3) is 4.05. The third-order valence-electron chi connectivity index (χ3n) is 4.17. The molecule has 1 N–H and O–H groups in total. The Kier molecular flexibility index (Phi) is 5.87. The minimum Gasteiger partial charge on any atom is -0.390 e. The Balaban J connectivity index is 2.09. The van der Waals surface area contributed by atoms with Gasteiger partial charge in [-0.25, -0.2) is 0 Å². The highest BCUT2D eigenvalue weighted by Gasteiger charge is 2.29. The average Bonchev–Trinajstić information content (AvgIpc) is 2.74. The monoisotopic (exact) mass is 262 g/mol. The Morgan fingerprint density at radius 2 is 1.74 bits per heavy atom. The smallest absolute Gasteiger partial charge is 0.109 e. The van der Waals surface area contributed by atoms with Gasteiger partial charge in [0.25, 0.3) is 0 Å². The number of ether oxygens (including phenoxy) is 1. The molecule has 0 spiro atoms. The zero-order valence-corrected chi connectivity index (χ0v) is 11.9. The van der Waals surface area contributed by atoms with Gasteiger partial charge in [-0.15, -0.1) is 0 Å². The molecule has 0 saturated heterocycles. The van der Waals surface area contributed by atoms with Crippen LogP contribution in [0.2, 0.25) is 0 Å². The summed E-state index contributed by atoms with van der Waals surface area (Å²) in [5, 5.41) is 10.7. The molecular formula is C17H26O2. The lowest BCUT2D eigenvalue weighted by Crippen LogP contribution is -2.29. The molecule has 0 amide bonds. The van der Waals surface area contributed by atoms with Crippen molar-refractivity contribution in [1.29, 1.82) is 0 Å². The minimum absolute atomic E-state index is 0.172. The highest BCUT2D eigenvalue weighted by molar-refractivity contribution is 5.19. The van der Waals surface area contributed by atoms with E-state index in [9.17, 15) is 5.11 Å². The Morgan fingerprint density at radius 1 is 1.11 bits per heavy atom. The second-order valence-electron chi connectivity index (χ2n) is 5.53. The fraction of sp³-hybridized carbons (Fsp3) is 0.647. The van der Waals surface area contributed by atoms with Crippen LogP contribution >= 0.6 is 0 Å². The molecule has 1 aliphatic rings. The van der Waals surface area contributed by atoms with E-state index >= 15 is 0 Å². The van der Waals surface area contributed by atoms with Crippen molar-refractivity contribution in [3.05, 3.63) is 35.9 Å². The van der Waals surface area contributed by atoms with E-state index in [2.05, 4.69) is 12.1 Å². The molecule has 106 valence electrons. The standard InChI is InChI=1S/C17H26O2/c1-2-19-17(15-12-8-5-9-13-15)16(18)14-10-6-3-4-7-11-14/h5,8-9,12-14,16-18H,2-4,6-7,10-11H2,1H3. The number of hydrogen-bond donors (Lipinski definition) is 1. The van der Waals surface area contributed by atoms with Crippen molar-refractivity contribution in [3.63, 3.8) is 0 Å². The second kappa shape index (κ2) is 7.66. The van der Waals surface area contributed by atoms with Crippen molar-refractivity contribution in [1.82, 2.24) is 0 Å². The molecule has 2 nitrogen and oxygen atoms in total. The van der Waals surface area contributed by atoms with Crippen LogP contribution < -0.4 is 0 Å². The molecule has 1 fully saturated rings. The van der Waals surface area contributed by atoms with Crippen LogP contribution in [-0.4, -0.2) is 17.8 Å². The Labute approximate surface area is 116 Å². The van der Waals surface area contributed by atoms with Crippen LogP contribution in [0, 0.1) is 5.92 Å². The fourth-order valence-electron chi connectivity index (χ4n) is 3.11. The molecule has 0 heterocycles. The second-order valence-corrected chi connectivity index (χ2v) is 5.53. The Hall–Kier alpha value is -0.860. The molecule has 0 aliphatic heterocycles. The van der Waals surface area contributed by atoms with E-state index in [1.807, 2.05) is 25.1 Å². The van der Waals surface area contributed by atoms with Gasteiger partial charge >= 0.3 is 0 Å². The summed E-state index contributed by atoms with van der Waals surface area (Å²) in [6.45, 7) is 2.64. The predicted molar refractivity (Wildman–Crippen MR) is 78.0 cm³/mol. The fourth-order valence-corrected chi connectivity index (χ4v) is 3.11. The first kappa shape index (κ1) is 14.5. The summed E-state index contributed by atoms with van der Waals surface area (Å²) in [4.78, 5) is 0.